The Hall–Kier alpha value is -7.71. The lowest BCUT2D eigenvalue weighted by atomic mass is 9.98. The predicted octanol–water partition coefficient (Wildman–Crippen LogP) is 12.9. The number of hydrogen-bond donors (Lipinski definition) is 4. The van der Waals surface area contributed by atoms with Crippen LogP contribution in [0.15, 0.2) is 127 Å². The molecule has 0 radical (unpaired) electrons. The van der Waals surface area contributed by atoms with Gasteiger partial charge in [-0.2, -0.15) is 15.5 Å². The number of nitrogens with zero attached hydrogens (tertiary/aromatic N) is 10. The van der Waals surface area contributed by atoms with Crippen molar-refractivity contribution in [2.75, 3.05) is 51.3 Å². The molecule has 4 N–H and O–H groups in total. The Bertz CT molecular complexity index is 3830. The highest BCUT2D eigenvalue weighted by Gasteiger charge is 2.43. The SMILES string of the molecule is [2H]C[C@@H]1C[C@H](OP(OCCC#N)N(C(C)C)C(C)C)[C@H](n2cnc3c(NC(=O)OCC4c5ccccc5-c5ccccc54)ncnc32)O1.[2H]C[C@H]1O[C@@H](n2ccc(NC(=O)OCC3c4ccccc4-c4ccccc43)nc2=O)CC1OP(OCCC#N)N(C(C)C)C(C)C.[3H]OC.[3H]OC. The first-order chi connectivity index (χ1) is 48.3. The molecule has 3 unspecified atom stereocenters. The van der Waals surface area contributed by atoms with Crippen molar-refractivity contribution in [2.24, 2.45) is 0 Å². The van der Waals surface area contributed by atoms with Gasteiger partial charge in [0.2, 0.25) is 2.86 Å². The number of ether oxygens (including phenoxy) is 4. The summed E-state index contributed by atoms with van der Waals surface area (Å²) in [5.74, 6) is 0.0900. The number of aliphatic hydroxyl groups excluding tert-OH is 2. The van der Waals surface area contributed by atoms with Gasteiger partial charge in [0.25, 0.3) is 17.1 Å². The van der Waals surface area contributed by atoms with Gasteiger partial charge in [-0.15, -0.1) is 0 Å². The van der Waals surface area contributed by atoms with Crippen LogP contribution in [0.4, 0.5) is 21.2 Å². The molecule has 25 nitrogen and oxygen atoms in total. The number of hydrogen-bond acceptors (Lipinski definition) is 21. The van der Waals surface area contributed by atoms with E-state index >= 15 is 0 Å². The lowest BCUT2D eigenvalue weighted by Gasteiger charge is -2.37. The first-order valence-electron chi connectivity index (χ1n) is 34.0. The number of benzene rings is 4. The molecule has 2 aliphatic carbocycles. The monoisotopic (exact) mass is 1360 g/mol. The molecular weight excluding hydrogens is 1270 g/mol. The highest BCUT2D eigenvalue weighted by Crippen LogP contribution is 2.53. The minimum Gasteiger partial charge on any atom is -0.448 e. The van der Waals surface area contributed by atoms with Crippen LogP contribution in [-0.2, 0) is 37.0 Å². The van der Waals surface area contributed by atoms with Crippen LogP contribution in [0.3, 0.4) is 0 Å². The Balaban J connectivity index is 0.000000236. The molecule has 3 aromatic heterocycles. The Morgan fingerprint density at radius 1 is 0.677 bits per heavy atom. The Labute approximate surface area is 569 Å². The molecule has 96 heavy (non-hydrogen) atoms. The summed E-state index contributed by atoms with van der Waals surface area (Å²) in [6, 6.07) is 38.7. The zero-order valence-electron chi connectivity index (χ0n) is 59.7. The van der Waals surface area contributed by atoms with E-state index in [2.05, 4.69) is 126 Å². The lowest BCUT2D eigenvalue weighted by molar-refractivity contribution is -0.0265. The van der Waals surface area contributed by atoms with Gasteiger partial charge in [-0.1, -0.05) is 97.1 Å². The van der Waals surface area contributed by atoms with Gasteiger partial charge in [0.15, 0.2) is 23.2 Å². The highest BCUT2D eigenvalue weighted by molar-refractivity contribution is 7.44. The second-order valence-electron chi connectivity index (χ2n) is 23.6. The predicted molar refractivity (Wildman–Crippen MR) is 366 cm³/mol. The topological polar surface area (TPSA) is 305 Å². The molecule has 512 valence electrons. The number of carbonyl (C=O) groups is 2. The van der Waals surface area contributed by atoms with Gasteiger partial charge >= 0.3 is 17.9 Å². The van der Waals surface area contributed by atoms with Crippen LogP contribution in [0.1, 0.15) is 144 Å². The molecular formula is C69H88N12O13P2. The second kappa shape index (κ2) is 35.5. The van der Waals surface area contributed by atoms with E-state index in [1.54, 1.807) is 10.9 Å². The fourth-order valence-electron chi connectivity index (χ4n) is 12.2. The molecule has 7 aromatic rings. The summed E-state index contributed by atoms with van der Waals surface area (Å²) in [7, 11) is -0.520. The van der Waals surface area contributed by atoms with E-state index in [1.165, 1.54) is 37.4 Å². The molecule has 0 saturated carbocycles. The van der Waals surface area contributed by atoms with E-state index < -0.39 is 65.7 Å². The Morgan fingerprint density at radius 3 is 1.61 bits per heavy atom. The summed E-state index contributed by atoms with van der Waals surface area (Å²) < 4.78 is 83.8. The van der Waals surface area contributed by atoms with Crippen LogP contribution in [0.2, 0.25) is 0 Å². The van der Waals surface area contributed by atoms with E-state index in [-0.39, 0.29) is 107 Å². The average Bonchev–Trinajstić information content (AvgIpc) is 1.63. The van der Waals surface area contributed by atoms with Gasteiger partial charge in [0.1, 0.15) is 37.7 Å². The highest BCUT2D eigenvalue weighted by atomic mass is 31.2. The van der Waals surface area contributed by atoms with Crippen molar-refractivity contribution in [1.82, 2.24) is 38.4 Å². The number of imidazole rings is 1. The fraction of sp³-hybridized carbons (Fsp3) is 0.464. The number of amides is 2. The van der Waals surface area contributed by atoms with Crippen LogP contribution in [-0.4, -0.2) is 153 Å². The van der Waals surface area contributed by atoms with Crippen molar-refractivity contribution in [1.29, 1.82) is 13.4 Å². The molecule has 5 heterocycles. The van der Waals surface area contributed by atoms with Crippen LogP contribution in [0.25, 0.3) is 33.4 Å². The maximum Gasteiger partial charge on any atom is 0.412 e. The molecule has 2 aliphatic heterocycles. The molecule has 0 spiro atoms. The van der Waals surface area contributed by atoms with E-state index in [0.717, 1.165) is 44.5 Å². The number of aromatic nitrogens is 6. The van der Waals surface area contributed by atoms with Crippen molar-refractivity contribution in [2.45, 2.75) is 168 Å². The molecule has 4 aromatic carbocycles. The molecule has 2 saturated heterocycles. The summed E-state index contributed by atoms with van der Waals surface area (Å²) in [6.45, 7) is 17.2. The Morgan fingerprint density at radius 2 is 1.16 bits per heavy atom. The maximum absolute atomic E-state index is 13.1. The molecule has 2 amide bonds. The summed E-state index contributed by atoms with van der Waals surface area (Å²) in [5.41, 5.74) is 9.19. The minimum absolute atomic E-state index is 0.0534. The number of fused-ring (bicyclic) bond motifs is 7. The van der Waals surface area contributed by atoms with E-state index in [0.29, 0.717) is 24.0 Å². The van der Waals surface area contributed by atoms with Crippen LogP contribution >= 0.6 is 17.1 Å². The number of nitrogens with one attached hydrogen (secondary N) is 2. The maximum atomic E-state index is 13.1. The number of carbonyl (C=O) groups excluding carboxylic acids is 2. The smallest absolute Gasteiger partial charge is 0.412 e. The van der Waals surface area contributed by atoms with Crippen LogP contribution in [0.5, 0.6) is 0 Å². The van der Waals surface area contributed by atoms with E-state index in [4.69, 9.17) is 53.2 Å². The number of anilines is 2. The number of nitriles is 2. The third-order valence-corrected chi connectivity index (χ3v) is 20.3. The van der Waals surface area contributed by atoms with Crippen molar-refractivity contribution >= 4 is 52.0 Å². The van der Waals surface area contributed by atoms with Crippen molar-refractivity contribution < 1.29 is 59.6 Å². The zero-order chi connectivity index (χ0) is 72.0. The summed E-state index contributed by atoms with van der Waals surface area (Å²) in [6.07, 6.45) is 0.969. The molecule has 2 fully saturated rings. The lowest BCUT2D eigenvalue weighted by Crippen LogP contribution is -2.35. The van der Waals surface area contributed by atoms with Crippen molar-refractivity contribution in [3.8, 4) is 34.4 Å². The first kappa shape index (κ1) is 68.2. The van der Waals surface area contributed by atoms with Crippen LogP contribution < -0.4 is 16.3 Å². The third-order valence-electron chi connectivity index (χ3n) is 16.0. The van der Waals surface area contributed by atoms with E-state index in [1.807, 2.05) is 88.4 Å². The van der Waals surface area contributed by atoms with Gasteiger partial charge in [0, 0.05) is 72.0 Å². The van der Waals surface area contributed by atoms with Crippen molar-refractivity contribution in [3.05, 3.63) is 155 Å². The zero-order valence-corrected chi connectivity index (χ0v) is 57.5. The van der Waals surface area contributed by atoms with Gasteiger partial charge in [0.05, 0.1) is 62.8 Å². The number of rotatable bonds is 24. The largest absolute Gasteiger partial charge is 0.448 e. The molecule has 8 atom stereocenters. The molecule has 4 aliphatic rings. The number of aliphatic hydroxyl groups is 2. The molecule has 27 heteroatoms. The normalized spacial score (nSPS) is 19.6. The summed E-state index contributed by atoms with van der Waals surface area (Å²) >= 11 is 0. The quantitative estimate of drug-likeness (QED) is 0.0323. The van der Waals surface area contributed by atoms with Crippen molar-refractivity contribution in [3.63, 3.8) is 0 Å². The van der Waals surface area contributed by atoms with Gasteiger partial charge < -0.3 is 47.3 Å². The van der Waals surface area contributed by atoms with Gasteiger partial charge in [-0.3, -0.25) is 19.8 Å². The molecule has 11 rings (SSSR count). The van der Waals surface area contributed by atoms with E-state index in [9.17, 15) is 14.4 Å². The van der Waals surface area contributed by atoms with Gasteiger partial charge in [-0.25, -0.2) is 38.7 Å². The molecule has 0 bridgehead atoms. The minimum atomic E-state index is -1.55. The first-order valence-corrected chi connectivity index (χ1v) is 34.0. The fourth-order valence-corrected chi connectivity index (χ4v) is 15.6. The summed E-state index contributed by atoms with van der Waals surface area (Å²) in [5, 5.41) is 30.4. The van der Waals surface area contributed by atoms with Gasteiger partial charge in [-0.05, 0) is 120 Å². The standard InChI is InChI=1S/C34H40N7O5P.C33H40N5O6P.2CH4O/c1-21(2)41(22(3)4)47(44-16-10-15-35)46-29-17-23(5)45-33(29)40-20-38-30-31(36-19-37-32(30)40)39-34(42)43-18-28-26-13-8-6-11-24(26)25-12-7-9-14-27(25)28;1-21(2)38(22(3)4)45(42-18-10-16-34)44-29-19-31(43-23(29)5)37-17-15-30(35-32(37)39)36-33(40)41-20-28-26-13-8-6-11-24(26)25-12-7-9-14-27(25)28;2*1-2/h6-9,11-14,19-23,28-29,33H,10,16-18H2,1-5H3,(H,36,37,39,42);6-9,11-15,17,21-23,28-29,31H,10,18-20H2,1-5H3,(H,35,36,39,40);2*2H,1H3/t23-,29+,33-,47?;23-,29?,31-,45?;;/m11../s1/i2*5D;2*2T. The van der Waals surface area contributed by atoms with Crippen LogP contribution in [0, 0.1) is 22.7 Å². The third kappa shape index (κ3) is 17.7. The Kier molecular flexibility index (Phi) is 25.2. The average molecular weight is 1360 g/mol. The second-order valence-corrected chi connectivity index (χ2v) is 26.4. The summed E-state index contributed by atoms with van der Waals surface area (Å²) in [4.78, 5) is 56.3.